The average molecular weight is 420 g/mol. The van der Waals surface area contributed by atoms with Crippen molar-refractivity contribution < 1.29 is 18.0 Å². The second-order valence-corrected chi connectivity index (χ2v) is 7.41. The highest BCUT2D eigenvalue weighted by atomic mass is 32.1. The van der Waals surface area contributed by atoms with Gasteiger partial charge in [0.2, 0.25) is 0 Å². The van der Waals surface area contributed by atoms with Gasteiger partial charge >= 0.3 is 6.18 Å². The Hall–Kier alpha value is -2.61. The van der Waals surface area contributed by atoms with Crippen molar-refractivity contribution in [2.75, 3.05) is 11.4 Å². The van der Waals surface area contributed by atoms with Crippen LogP contribution in [0.15, 0.2) is 42.3 Å². The molecule has 0 saturated carbocycles. The van der Waals surface area contributed by atoms with Crippen LogP contribution in [0.2, 0.25) is 0 Å². The van der Waals surface area contributed by atoms with Crippen molar-refractivity contribution in [2.24, 2.45) is 5.92 Å². The molecule has 2 aliphatic rings. The summed E-state index contributed by atoms with van der Waals surface area (Å²) in [6.45, 7) is 0.316. The van der Waals surface area contributed by atoms with E-state index < -0.39 is 12.1 Å². The summed E-state index contributed by atoms with van der Waals surface area (Å²) >= 11 is 4.95. The molecule has 0 bridgehead atoms. The van der Waals surface area contributed by atoms with Gasteiger partial charge in [-0.3, -0.25) is 10.1 Å². The van der Waals surface area contributed by atoms with Crippen LogP contribution in [0.3, 0.4) is 0 Å². The van der Waals surface area contributed by atoms with Crippen LogP contribution in [0, 0.1) is 5.92 Å². The molecule has 5 nitrogen and oxygen atoms in total. The van der Waals surface area contributed by atoms with Crippen molar-refractivity contribution in [3.05, 3.63) is 59.2 Å². The minimum absolute atomic E-state index is 0.0880. The summed E-state index contributed by atoms with van der Waals surface area (Å²) in [5, 5.41) is 8.37. The van der Waals surface area contributed by atoms with Gasteiger partial charge in [0.05, 0.1) is 18.2 Å². The third-order valence-electron chi connectivity index (χ3n) is 5.48. The first kappa shape index (κ1) is 19.7. The van der Waals surface area contributed by atoms with Crippen LogP contribution in [-0.4, -0.2) is 28.6 Å². The molecule has 1 aromatic heterocycles. The lowest BCUT2D eigenvalue weighted by molar-refractivity contribution is -0.179. The van der Waals surface area contributed by atoms with Crippen LogP contribution in [0.1, 0.15) is 40.5 Å². The number of aromatic nitrogens is 1. The first-order valence-electron chi connectivity index (χ1n) is 9.27. The summed E-state index contributed by atoms with van der Waals surface area (Å²) in [7, 11) is 0. The van der Waals surface area contributed by atoms with Gasteiger partial charge in [0.15, 0.2) is 5.82 Å². The second kappa shape index (κ2) is 7.67. The molecular weight excluding hydrogens is 401 g/mol. The number of carbonyl (C=O) groups is 1. The first-order chi connectivity index (χ1) is 13.9. The average Bonchev–Trinajstić information content (AvgIpc) is 3.20. The zero-order valence-electron chi connectivity index (χ0n) is 15.3. The van der Waals surface area contributed by atoms with Gasteiger partial charge in [-0.05, 0) is 47.3 Å². The standard InChI is InChI=1S/C20H19F3N4OS/c21-20(22,23)13-5-6-15(25-9-13)14-4-2-1-3-12(14)10-27-16-7-8-24-18(16)19(28)26-17(27)11-29/h1-4,7-8,13,15,24-25H,5-6,9-10H2,(H,26,28). The molecule has 0 aliphatic carbocycles. The number of thiocarbonyl (C=S) groups is 1. The zero-order valence-corrected chi connectivity index (χ0v) is 16.2. The minimum atomic E-state index is -4.17. The summed E-state index contributed by atoms with van der Waals surface area (Å²) in [4.78, 5) is 16.9. The van der Waals surface area contributed by atoms with E-state index in [9.17, 15) is 18.0 Å². The molecule has 0 radical (unpaired) electrons. The lowest BCUT2D eigenvalue weighted by Crippen LogP contribution is -2.42. The van der Waals surface area contributed by atoms with Crippen LogP contribution >= 0.6 is 12.2 Å². The molecule has 1 saturated heterocycles. The maximum Gasteiger partial charge on any atom is 0.393 e. The number of carbonyl (C=O) groups excluding carboxylic acids is 1. The van der Waals surface area contributed by atoms with E-state index in [1.165, 1.54) is 0 Å². The molecule has 2 aromatic rings. The number of nitrogens with zero attached hydrogens (tertiary/aromatic N) is 1. The Bertz CT molecular complexity index is 972. The first-order valence-corrected chi connectivity index (χ1v) is 9.68. The van der Waals surface area contributed by atoms with Gasteiger partial charge in [-0.1, -0.05) is 24.3 Å². The number of H-pyrrole nitrogens is 1. The second-order valence-electron chi connectivity index (χ2n) is 7.20. The summed E-state index contributed by atoms with van der Waals surface area (Å²) in [6.07, 6.45) is -1.99. The number of alkyl halides is 3. The maximum absolute atomic E-state index is 13.0. The van der Waals surface area contributed by atoms with Gasteiger partial charge in [-0.25, -0.2) is 0 Å². The largest absolute Gasteiger partial charge is 0.393 e. The predicted octanol–water partition coefficient (Wildman–Crippen LogP) is 3.81. The van der Waals surface area contributed by atoms with Gasteiger partial charge in [0.1, 0.15) is 5.69 Å². The number of anilines is 1. The zero-order chi connectivity index (χ0) is 20.6. The number of benzene rings is 1. The van der Waals surface area contributed by atoms with Crippen molar-refractivity contribution in [1.29, 1.82) is 0 Å². The fourth-order valence-corrected chi connectivity index (χ4v) is 4.12. The molecule has 29 heavy (non-hydrogen) atoms. The molecule has 4 rings (SSSR count). The molecule has 1 fully saturated rings. The number of nitrogens with one attached hydrogen (secondary N) is 3. The predicted molar refractivity (Wildman–Crippen MR) is 107 cm³/mol. The van der Waals surface area contributed by atoms with Crippen LogP contribution in [0.4, 0.5) is 18.9 Å². The van der Waals surface area contributed by atoms with E-state index in [-0.39, 0.29) is 24.9 Å². The summed E-state index contributed by atoms with van der Waals surface area (Å²) in [5.74, 6) is -1.22. The number of piperidine rings is 1. The Balaban J connectivity index is 1.59. The normalized spacial score (nSPS) is 22.1. The van der Waals surface area contributed by atoms with Crippen LogP contribution in [-0.2, 0) is 6.54 Å². The third-order valence-corrected chi connectivity index (χ3v) is 5.67. The number of aromatic amines is 1. The monoisotopic (exact) mass is 420 g/mol. The highest BCUT2D eigenvalue weighted by Gasteiger charge is 2.41. The summed E-state index contributed by atoms with van der Waals surface area (Å²) in [6, 6.07) is 9.28. The molecule has 2 unspecified atom stereocenters. The van der Waals surface area contributed by atoms with Gasteiger partial charge in [-0.2, -0.15) is 13.2 Å². The third kappa shape index (κ3) is 3.81. The van der Waals surface area contributed by atoms with E-state index in [2.05, 4.69) is 20.6 Å². The molecule has 3 heterocycles. The lowest BCUT2D eigenvalue weighted by atomic mass is 9.88. The summed E-state index contributed by atoms with van der Waals surface area (Å²) in [5.41, 5.74) is 3.01. The number of halogens is 3. The molecule has 9 heteroatoms. The fraction of sp³-hybridized carbons (Fsp3) is 0.350. The van der Waals surface area contributed by atoms with E-state index in [0.717, 1.165) is 11.1 Å². The lowest BCUT2D eigenvalue weighted by Gasteiger charge is -2.34. The topological polar surface area (TPSA) is 60.2 Å². The van der Waals surface area contributed by atoms with Crippen LogP contribution in [0.25, 0.3) is 0 Å². The molecule has 1 aromatic carbocycles. The van der Waals surface area contributed by atoms with Gasteiger partial charge < -0.3 is 15.2 Å². The van der Waals surface area contributed by atoms with Crippen molar-refractivity contribution in [3.8, 4) is 0 Å². The molecule has 2 aliphatic heterocycles. The Morgan fingerprint density at radius 1 is 1.21 bits per heavy atom. The van der Waals surface area contributed by atoms with E-state index >= 15 is 0 Å². The molecule has 2 atom stereocenters. The molecular formula is C20H19F3N4OS. The fourth-order valence-electron chi connectivity index (χ4n) is 3.96. The number of hydrogen-bond acceptors (Lipinski definition) is 4. The molecule has 0 spiro atoms. The van der Waals surface area contributed by atoms with Crippen molar-refractivity contribution in [1.82, 2.24) is 15.6 Å². The van der Waals surface area contributed by atoms with Gasteiger partial charge in [-0.15, -0.1) is 0 Å². The Morgan fingerprint density at radius 3 is 2.69 bits per heavy atom. The van der Waals surface area contributed by atoms with E-state index in [4.69, 9.17) is 12.2 Å². The molecule has 152 valence electrons. The Kier molecular flexibility index (Phi) is 5.21. The number of amides is 1. The number of fused-ring (bicyclic) bond motifs is 1. The maximum atomic E-state index is 13.0. The molecule has 1 amide bonds. The van der Waals surface area contributed by atoms with Crippen molar-refractivity contribution >= 4 is 28.8 Å². The summed E-state index contributed by atoms with van der Waals surface area (Å²) < 4.78 is 38.9. The highest BCUT2D eigenvalue weighted by molar-refractivity contribution is 7.78. The van der Waals surface area contributed by atoms with Crippen LogP contribution < -0.4 is 15.5 Å². The number of hydrogen-bond donors (Lipinski definition) is 3. The highest BCUT2D eigenvalue weighted by Crippen LogP contribution is 2.37. The van der Waals surface area contributed by atoms with Gasteiger partial charge in [0, 0.05) is 18.8 Å². The van der Waals surface area contributed by atoms with E-state index in [1.54, 1.807) is 12.3 Å². The minimum Gasteiger partial charge on any atom is -0.355 e. The molecule has 3 N–H and O–H groups in total. The SMILES string of the molecule is O=C1NC(=C=S)N(Cc2ccccc2C2CCC(C(F)(F)F)CN2)c2cc[nH]c21. The van der Waals surface area contributed by atoms with Crippen molar-refractivity contribution in [3.63, 3.8) is 0 Å². The van der Waals surface area contributed by atoms with Gasteiger partial charge in [0.25, 0.3) is 5.91 Å². The van der Waals surface area contributed by atoms with Crippen LogP contribution in [0.5, 0.6) is 0 Å². The Labute approximate surface area is 171 Å². The Morgan fingerprint density at radius 2 is 2.00 bits per heavy atom. The smallest absolute Gasteiger partial charge is 0.355 e. The van der Waals surface area contributed by atoms with E-state index in [1.807, 2.05) is 29.2 Å². The number of rotatable bonds is 3. The quantitative estimate of drug-likeness (QED) is 0.661. The van der Waals surface area contributed by atoms with E-state index in [0.29, 0.717) is 30.2 Å². The van der Waals surface area contributed by atoms with Crippen molar-refractivity contribution in [2.45, 2.75) is 31.6 Å².